The maximum absolute atomic E-state index is 11.4. The van der Waals surface area contributed by atoms with Crippen LogP contribution in [0.15, 0.2) is 23.0 Å². The van der Waals surface area contributed by atoms with Crippen molar-refractivity contribution in [3.8, 4) is 5.75 Å². The van der Waals surface area contributed by atoms with Gasteiger partial charge in [0.2, 0.25) is 0 Å². The Bertz CT molecular complexity index is 618. The standard InChI is InChI=1S/C11H8ClNO3/c1-16-10-3-6-2-7(5-14)11(15)13-9(6)4-8(10)12/h2-5H,1H3,(H,13,15). The monoisotopic (exact) mass is 237 g/mol. The normalized spacial score (nSPS) is 10.4. The lowest BCUT2D eigenvalue weighted by Gasteiger charge is -2.05. The molecule has 0 saturated carbocycles. The lowest BCUT2D eigenvalue weighted by Crippen LogP contribution is -2.11. The van der Waals surface area contributed by atoms with Crippen molar-refractivity contribution < 1.29 is 9.53 Å². The van der Waals surface area contributed by atoms with Gasteiger partial charge in [-0.05, 0) is 18.2 Å². The predicted molar refractivity (Wildman–Crippen MR) is 61.5 cm³/mol. The number of aldehydes is 1. The van der Waals surface area contributed by atoms with Gasteiger partial charge in [0.1, 0.15) is 5.75 Å². The van der Waals surface area contributed by atoms with Crippen LogP contribution in [0, 0.1) is 0 Å². The number of nitrogens with one attached hydrogen (secondary N) is 1. The molecule has 1 N–H and O–H groups in total. The largest absolute Gasteiger partial charge is 0.495 e. The van der Waals surface area contributed by atoms with Gasteiger partial charge in [-0.15, -0.1) is 0 Å². The summed E-state index contributed by atoms with van der Waals surface area (Å²) in [4.78, 5) is 24.6. The van der Waals surface area contributed by atoms with E-state index in [1.807, 2.05) is 0 Å². The zero-order valence-electron chi connectivity index (χ0n) is 8.41. The minimum Gasteiger partial charge on any atom is -0.495 e. The van der Waals surface area contributed by atoms with Crippen molar-refractivity contribution in [1.29, 1.82) is 0 Å². The molecular weight excluding hydrogens is 230 g/mol. The molecule has 0 unspecified atom stereocenters. The van der Waals surface area contributed by atoms with Crippen molar-refractivity contribution in [2.45, 2.75) is 0 Å². The van der Waals surface area contributed by atoms with Crippen molar-refractivity contribution in [1.82, 2.24) is 4.98 Å². The van der Waals surface area contributed by atoms with Crippen molar-refractivity contribution >= 4 is 28.8 Å². The number of hydrogen-bond donors (Lipinski definition) is 1. The van der Waals surface area contributed by atoms with E-state index < -0.39 is 5.56 Å². The first-order valence-electron chi connectivity index (χ1n) is 4.51. The molecule has 0 aliphatic heterocycles. The molecule has 2 aromatic rings. The Hall–Kier alpha value is -1.81. The number of aromatic nitrogens is 1. The molecule has 4 nitrogen and oxygen atoms in total. The summed E-state index contributed by atoms with van der Waals surface area (Å²) < 4.78 is 5.04. The number of carbonyl (C=O) groups excluding carboxylic acids is 1. The van der Waals surface area contributed by atoms with E-state index >= 15 is 0 Å². The van der Waals surface area contributed by atoms with E-state index in [0.29, 0.717) is 28.0 Å². The number of fused-ring (bicyclic) bond motifs is 1. The summed E-state index contributed by atoms with van der Waals surface area (Å²) in [5.74, 6) is 0.498. The number of aromatic amines is 1. The van der Waals surface area contributed by atoms with Gasteiger partial charge in [-0.2, -0.15) is 0 Å². The van der Waals surface area contributed by atoms with Crippen LogP contribution in [0.5, 0.6) is 5.75 Å². The van der Waals surface area contributed by atoms with Crippen LogP contribution in [-0.2, 0) is 0 Å². The van der Waals surface area contributed by atoms with Crippen molar-refractivity contribution in [2.75, 3.05) is 7.11 Å². The lowest BCUT2D eigenvalue weighted by atomic mass is 10.1. The average Bonchev–Trinajstić information content (AvgIpc) is 2.27. The Labute approximate surface area is 95.8 Å². The van der Waals surface area contributed by atoms with Crippen LogP contribution in [0.2, 0.25) is 5.02 Å². The number of halogens is 1. The maximum Gasteiger partial charge on any atom is 0.259 e. The van der Waals surface area contributed by atoms with Gasteiger partial charge < -0.3 is 9.72 Å². The Morgan fingerprint density at radius 2 is 2.12 bits per heavy atom. The Kier molecular flexibility index (Phi) is 2.66. The molecule has 82 valence electrons. The van der Waals surface area contributed by atoms with E-state index in [0.717, 1.165) is 0 Å². The highest BCUT2D eigenvalue weighted by Gasteiger charge is 2.06. The summed E-state index contributed by atoms with van der Waals surface area (Å²) in [6.45, 7) is 0. The van der Waals surface area contributed by atoms with Crippen LogP contribution in [0.1, 0.15) is 10.4 Å². The van der Waals surface area contributed by atoms with Crippen LogP contribution in [0.3, 0.4) is 0 Å². The first-order valence-corrected chi connectivity index (χ1v) is 4.89. The summed E-state index contributed by atoms with van der Waals surface area (Å²) in [5.41, 5.74) is 0.224. The number of pyridine rings is 1. The lowest BCUT2D eigenvalue weighted by molar-refractivity contribution is 0.112. The fourth-order valence-corrected chi connectivity index (χ4v) is 1.71. The van der Waals surface area contributed by atoms with Gasteiger partial charge in [0.15, 0.2) is 6.29 Å². The van der Waals surface area contributed by atoms with Crippen LogP contribution in [0.25, 0.3) is 10.9 Å². The third-order valence-corrected chi connectivity index (χ3v) is 2.57. The van der Waals surface area contributed by atoms with Crippen molar-refractivity contribution in [2.24, 2.45) is 0 Å². The molecule has 0 saturated heterocycles. The Balaban J connectivity index is 2.81. The second-order valence-corrected chi connectivity index (χ2v) is 3.65. The topological polar surface area (TPSA) is 59.2 Å². The van der Waals surface area contributed by atoms with Gasteiger partial charge in [-0.1, -0.05) is 11.6 Å². The van der Waals surface area contributed by atoms with Gasteiger partial charge >= 0.3 is 0 Å². The molecular formula is C11H8ClNO3. The van der Waals surface area contributed by atoms with Gasteiger partial charge in [0.25, 0.3) is 5.56 Å². The SMILES string of the molecule is COc1cc2cc(C=O)c(=O)[nH]c2cc1Cl. The van der Waals surface area contributed by atoms with Gasteiger partial charge in [-0.3, -0.25) is 9.59 Å². The second kappa shape index (κ2) is 3.98. The summed E-state index contributed by atoms with van der Waals surface area (Å²) in [5, 5.41) is 1.10. The molecule has 5 heteroatoms. The second-order valence-electron chi connectivity index (χ2n) is 3.25. The first kappa shape index (κ1) is 10.7. The zero-order chi connectivity index (χ0) is 11.7. The number of H-pyrrole nitrogens is 1. The minimum atomic E-state index is -0.427. The van der Waals surface area contributed by atoms with Crippen LogP contribution in [0.4, 0.5) is 0 Å². The molecule has 0 amide bonds. The van der Waals surface area contributed by atoms with Crippen LogP contribution >= 0.6 is 11.6 Å². The van der Waals surface area contributed by atoms with Gasteiger partial charge in [0.05, 0.1) is 23.2 Å². The minimum absolute atomic E-state index is 0.0804. The third kappa shape index (κ3) is 1.67. The number of carbonyl (C=O) groups is 1. The average molecular weight is 238 g/mol. The number of methoxy groups -OCH3 is 1. The maximum atomic E-state index is 11.4. The third-order valence-electron chi connectivity index (χ3n) is 2.27. The quantitative estimate of drug-likeness (QED) is 0.813. The summed E-state index contributed by atoms with van der Waals surface area (Å²) >= 11 is 5.91. The van der Waals surface area contributed by atoms with Crippen LogP contribution in [-0.4, -0.2) is 18.4 Å². The Morgan fingerprint density at radius 1 is 1.38 bits per heavy atom. The zero-order valence-corrected chi connectivity index (χ0v) is 9.17. The van der Waals surface area contributed by atoms with Crippen molar-refractivity contribution in [3.05, 3.63) is 39.1 Å². The highest BCUT2D eigenvalue weighted by Crippen LogP contribution is 2.28. The molecule has 0 aliphatic rings. The van der Waals surface area contributed by atoms with E-state index in [4.69, 9.17) is 16.3 Å². The molecule has 0 fully saturated rings. The van der Waals surface area contributed by atoms with E-state index in [1.165, 1.54) is 13.2 Å². The summed E-state index contributed by atoms with van der Waals surface area (Å²) in [6.07, 6.45) is 0.513. The fraction of sp³-hybridized carbons (Fsp3) is 0.0909. The van der Waals surface area contributed by atoms with Crippen LogP contribution < -0.4 is 10.3 Å². The smallest absolute Gasteiger partial charge is 0.259 e. The highest BCUT2D eigenvalue weighted by atomic mass is 35.5. The molecule has 0 aliphatic carbocycles. The molecule has 0 atom stereocenters. The van der Waals surface area contributed by atoms with Gasteiger partial charge in [-0.25, -0.2) is 0 Å². The fourth-order valence-electron chi connectivity index (χ4n) is 1.47. The molecule has 1 heterocycles. The van der Waals surface area contributed by atoms with Crippen molar-refractivity contribution in [3.63, 3.8) is 0 Å². The molecule has 0 spiro atoms. The number of hydrogen-bond acceptors (Lipinski definition) is 3. The number of rotatable bonds is 2. The Morgan fingerprint density at radius 3 is 2.75 bits per heavy atom. The predicted octanol–water partition coefficient (Wildman–Crippen LogP) is 2.00. The molecule has 0 radical (unpaired) electrons. The summed E-state index contributed by atoms with van der Waals surface area (Å²) in [6, 6.07) is 4.76. The van der Waals surface area contributed by atoms with E-state index in [-0.39, 0.29) is 5.56 Å². The van der Waals surface area contributed by atoms with E-state index in [9.17, 15) is 9.59 Å². The molecule has 2 rings (SSSR count). The number of benzene rings is 1. The van der Waals surface area contributed by atoms with E-state index in [1.54, 1.807) is 12.1 Å². The highest BCUT2D eigenvalue weighted by molar-refractivity contribution is 6.32. The molecule has 0 bridgehead atoms. The molecule has 1 aromatic carbocycles. The molecule has 16 heavy (non-hydrogen) atoms. The molecule has 1 aromatic heterocycles. The first-order chi connectivity index (χ1) is 7.65. The number of ether oxygens (including phenoxy) is 1. The summed E-state index contributed by atoms with van der Waals surface area (Å²) in [7, 11) is 1.50. The van der Waals surface area contributed by atoms with Gasteiger partial charge in [0, 0.05) is 5.39 Å². The van der Waals surface area contributed by atoms with E-state index in [2.05, 4.69) is 4.98 Å².